The molecule has 3 rings (SSSR count). The van der Waals surface area contributed by atoms with Crippen molar-refractivity contribution < 1.29 is 9.90 Å². The molecule has 3 N–H and O–H groups in total. The van der Waals surface area contributed by atoms with Gasteiger partial charge < -0.3 is 15.7 Å². The molecule has 0 bridgehead atoms. The van der Waals surface area contributed by atoms with Crippen molar-refractivity contribution in [3.63, 3.8) is 0 Å². The number of hydrogen-bond donors (Lipinski definition) is 3. The van der Waals surface area contributed by atoms with E-state index in [0.29, 0.717) is 12.6 Å². The molecule has 1 fully saturated rings. The van der Waals surface area contributed by atoms with Gasteiger partial charge in [-0.1, -0.05) is 12.1 Å². The van der Waals surface area contributed by atoms with Crippen molar-refractivity contribution in [2.24, 2.45) is 0 Å². The van der Waals surface area contributed by atoms with Crippen LogP contribution in [0.25, 0.3) is 0 Å². The summed E-state index contributed by atoms with van der Waals surface area (Å²) in [6, 6.07) is 7.40. The van der Waals surface area contributed by atoms with Crippen molar-refractivity contribution in [2.75, 3.05) is 5.32 Å². The average Bonchev–Trinajstić information content (AvgIpc) is 3.16. The molecular formula is C15H18N4O2. The predicted molar refractivity (Wildman–Crippen MR) is 78.8 cm³/mol. The van der Waals surface area contributed by atoms with Crippen molar-refractivity contribution in [2.45, 2.75) is 32.0 Å². The van der Waals surface area contributed by atoms with Crippen LogP contribution in [0.1, 0.15) is 18.4 Å². The summed E-state index contributed by atoms with van der Waals surface area (Å²) < 4.78 is 1.62. The fourth-order valence-electron chi connectivity index (χ4n) is 2.01. The molecule has 1 aromatic carbocycles. The monoisotopic (exact) mass is 286 g/mol. The van der Waals surface area contributed by atoms with E-state index < -0.39 is 0 Å². The van der Waals surface area contributed by atoms with Gasteiger partial charge in [0.25, 0.3) is 0 Å². The summed E-state index contributed by atoms with van der Waals surface area (Å²) >= 11 is 0. The largest absolute Gasteiger partial charge is 0.508 e. The topological polar surface area (TPSA) is 79.2 Å². The molecule has 6 nitrogen and oxygen atoms in total. The number of carbonyl (C=O) groups is 1. The van der Waals surface area contributed by atoms with Gasteiger partial charge in [0.1, 0.15) is 12.3 Å². The van der Waals surface area contributed by atoms with Crippen LogP contribution in [0.2, 0.25) is 0 Å². The maximum absolute atomic E-state index is 11.7. The van der Waals surface area contributed by atoms with Gasteiger partial charge in [0.2, 0.25) is 5.91 Å². The fourth-order valence-corrected chi connectivity index (χ4v) is 2.01. The molecule has 2 aromatic rings. The lowest BCUT2D eigenvalue weighted by molar-refractivity contribution is -0.122. The highest BCUT2D eigenvalue weighted by atomic mass is 16.3. The summed E-state index contributed by atoms with van der Waals surface area (Å²) in [7, 11) is 0. The first kappa shape index (κ1) is 13.5. The van der Waals surface area contributed by atoms with Crippen molar-refractivity contribution in [1.29, 1.82) is 0 Å². The number of aromatic hydroxyl groups is 1. The van der Waals surface area contributed by atoms with Crippen molar-refractivity contribution in [3.8, 4) is 5.75 Å². The molecule has 110 valence electrons. The highest BCUT2D eigenvalue weighted by Gasteiger charge is 2.23. The van der Waals surface area contributed by atoms with E-state index in [0.717, 1.165) is 24.1 Å². The SMILES string of the molecule is O=C(Cn1cc(NCc2ccc(O)cc2)cn1)NC1CC1. The third kappa shape index (κ3) is 3.98. The molecule has 0 radical (unpaired) electrons. The van der Waals surface area contributed by atoms with Gasteiger partial charge in [-0.15, -0.1) is 0 Å². The Morgan fingerprint density at radius 3 is 2.81 bits per heavy atom. The first-order chi connectivity index (χ1) is 10.2. The Balaban J connectivity index is 1.49. The summed E-state index contributed by atoms with van der Waals surface area (Å²) in [4.78, 5) is 11.7. The van der Waals surface area contributed by atoms with Crippen LogP contribution in [-0.4, -0.2) is 26.8 Å². The van der Waals surface area contributed by atoms with E-state index >= 15 is 0 Å². The number of phenolic OH excluding ortho intramolecular Hbond substituents is 1. The van der Waals surface area contributed by atoms with Crippen LogP contribution in [0, 0.1) is 0 Å². The summed E-state index contributed by atoms with van der Waals surface area (Å²) in [5.41, 5.74) is 1.93. The number of aromatic nitrogens is 2. The molecule has 0 aliphatic heterocycles. The van der Waals surface area contributed by atoms with Crippen LogP contribution in [0.5, 0.6) is 5.75 Å². The molecule has 1 aromatic heterocycles. The molecule has 0 atom stereocenters. The number of phenols is 1. The van der Waals surface area contributed by atoms with Gasteiger partial charge in [-0.25, -0.2) is 0 Å². The maximum atomic E-state index is 11.7. The third-order valence-corrected chi connectivity index (χ3v) is 3.31. The minimum Gasteiger partial charge on any atom is -0.508 e. The Kier molecular flexibility index (Phi) is 3.77. The Hall–Kier alpha value is -2.50. The average molecular weight is 286 g/mol. The van der Waals surface area contributed by atoms with Gasteiger partial charge in [0.05, 0.1) is 11.9 Å². The molecule has 0 unspecified atom stereocenters. The van der Waals surface area contributed by atoms with E-state index in [9.17, 15) is 9.90 Å². The molecular weight excluding hydrogens is 268 g/mol. The lowest BCUT2D eigenvalue weighted by atomic mass is 10.2. The molecule has 1 aliphatic rings. The Morgan fingerprint density at radius 1 is 1.33 bits per heavy atom. The van der Waals surface area contributed by atoms with Crippen LogP contribution < -0.4 is 10.6 Å². The highest BCUT2D eigenvalue weighted by molar-refractivity contribution is 5.76. The second kappa shape index (κ2) is 5.87. The van der Waals surface area contributed by atoms with Gasteiger partial charge in [-0.3, -0.25) is 9.48 Å². The normalized spacial score (nSPS) is 13.9. The van der Waals surface area contributed by atoms with Crippen LogP contribution in [0.4, 0.5) is 5.69 Å². The van der Waals surface area contributed by atoms with Crippen LogP contribution in [0.3, 0.4) is 0 Å². The van der Waals surface area contributed by atoms with Crippen LogP contribution >= 0.6 is 0 Å². The minimum atomic E-state index is 0.00526. The Bertz CT molecular complexity index is 617. The first-order valence-electron chi connectivity index (χ1n) is 7.02. The number of carbonyl (C=O) groups excluding carboxylic acids is 1. The molecule has 21 heavy (non-hydrogen) atoms. The number of amides is 1. The van der Waals surface area contributed by atoms with Gasteiger partial charge in [0.15, 0.2) is 0 Å². The quantitative estimate of drug-likeness (QED) is 0.751. The summed E-state index contributed by atoms with van der Waals surface area (Å²) in [5, 5.41) is 19.5. The van der Waals surface area contributed by atoms with E-state index in [1.807, 2.05) is 18.3 Å². The Morgan fingerprint density at radius 2 is 2.10 bits per heavy atom. The molecule has 0 spiro atoms. The summed E-state index contributed by atoms with van der Waals surface area (Å²) in [6.07, 6.45) is 5.69. The molecule has 6 heteroatoms. The van der Waals surface area contributed by atoms with E-state index in [-0.39, 0.29) is 18.2 Å². The first-order valence-corrected chi connectivity index (χ1v) is 7.02. The second-order valence-electron chi connectivity index (χ2n) is 5.29. The number of anilines is 1. The van der Waals surface area contributed by atoms with E-state index in [4.69, 9.17) is 0 Å². The van der Waals surface area contributed by atoms with Gasteiger partial charge in [0, 0.05) is 18.8 Å². The van der Waals surface area contributed by atoms with Crippen molar-refractivity contribution in [3.05, 3.63) is 42.2 Å². The van der Waals surface area contributed by atoms with Gasteiger partial charge >= 0.3 is 0 Å². The summed E-state index contributed by atoms with van der Waals surface area (Å²) in [5.74, 6) is 0.263. The second-order valence-corrected chi connectivity index (χ2v) is 5.29. The number of hydrogen-bond acceptors (Lipinski definition) is 4. The van der Waals surface area contributed by atoms with Crippen LogP contribution in [-0.2, 0) is 17.9 Å². The van der Waals surface area contributed by atoms with E-state index in [1.165, 1.54) is 0 Å². The van der Waals surface area contributed by atoms with Crippen LogP contribution in [0.15, 0.2) is 36.7 Å². The molecule has 1 aliphatic carbocycles. The minimum absolute atomic E-state index is 0.00526. The van der Waals surface area contributed by atoms with Gasteiger partial charge in [-0.2, -0.15) is 5.10 Å². The van der Waals surface area contributed by atoms with Crippen molar-refractivity contribution >= 4 is 11.6 Å². The Labute approximate surface area is 122 Å². The molecule has 0 saturated heterocycles. The number of nitrogens with zero attached hydrogens (tertiary/aromatic N) is 2. The smallest absolute Gasteiger partial charge is 0.241 e. The number of nitrogens with one attached hydrogen (secondary N) is 2. The standard InChI is InChI=1S/C15H18N4O2/c20-14-5-1-11(2-6-14)7-16-13-8-17-19(9-13)10-15(21)18-12-3-4-12/h1-2,5-6,8-9,12,16,20H,3-4,7,10H2,(H,18,21). The maximum Gasteiger partial charge on any atom is 0.241 e. The number of benzene rings is 1. The lowest BCUT2D eigenvalue weighted by Crippen LogP contribution is -2.29. The fraction of sp³-hybridized carbons (Fsp3) is 0.333. The highest BCUT2D eigenvalue weighted by Crippen LogP contribution is 2.18. The number of rotatable bonds is 6. The van der Waals surface area contributed by atoms with Crippen molar-refractivity contribution in [1.82, 2.24) is 15.1 Å². The molecule has 1 saturated carbocycles. The van der Waals surface area contributed by atoms with E-state index in [1.54, 1.807) is 23.0 Å². The summed E-state index contributed by atoms with van der Waals surface area (Å²) in [6.45, 7) is 0.887. The predicted octanol–water partition coefficient (Wildman–Crippen LogP) is 1.48. The third-order valence-electron chi connectivity index (χ3n) is 3.31. The zero-order valence-electron chi connectivity index (χ0n) is 11.6. The zero-order chi connectivity index (χ0) is 14.7. The van der Waals surface area contributed by atoms with Gasteiger partial charge in [-0.05, 0) is 30.5 Å². The zero-order valence-corrected chi connectivity index (χ0v) is 11.6. The molecule has 1 amide bonds. The van der Waals surface area contributed by atoms with E-state index in [2.05, 4.69) is 15.7 Å². The molecule has 1 heterocycles. The lowest BCUT2D eigenvalue weighted by Gasteiger charge is -2.04.